The van der Waals surface area contributed by atoms with E-state index in [0.717, 1.165) is 19.6 Å². The number of fused-ring (bicyclic) bond motifs is 1. The molecule has 0 fully saturated rings. The summed E-state index contributed by atoms with van der Waals surface area (Å²) in [5.41, 5.74) is 1.40. The standard InChI is InChI=1S/C18H29N3/c1-4-21(5-2)15-9-8-14-20(3)18-12-13-19-17-11-7-6-10-16(17)18/h6-7,10-13,16-17H,4-5,8-9,14-15H2,1-3H3. The van der Waals surface area contributed by atoms with E-state index in [1.165, 1.54) is 25.1 Å². The van der Waals surface area contributed by atoms with Crippen LogP contribution in [0.4, 0.5) is 0 Å². The van der Waals surface area contributed by atoms with E-state index in [-0.39, 0.29) is 0 Å². The van der Waals surface area contributed by atoms with Crippen molar-refractivity contribution in [2.45, 2.75) is 32.7 Å². The molecule has 116 valence electrons. The van der Waals surface area contributed by atoms with Crippen LogP contribution in [0.2, 0.25) is 0 Å². The van der Waals surface area contributed by atoms with Crippen LogP contribution in [0, 0.1) is 5.92 Å². The molecule has 1 aliphatic heterocycles. The van der Waals surface area contributed by atoms with Gasteiger partial charge in [-0.25, -0.2) is 0 Å². The summed E-state index contributed by atoms with van der Waals surface area (Å²) in [6.45, 7) is 9.15. The molecule has 2 atom stereocenters. The Balaban J connectivity index is 1.79. The molecular formula is C18H29N3. The largest absolute Gasteiger partial charge is 0.377 e. The molecule has 0 amide bonds. The Kier molecular flexibility index (Phi) is 6.24. The number of rotatable bonds is 8. The maximum absolute atomic E-state index is 4.55. The molecule has 0 saturated carbocycles. The van der Waals surface area contributed by atoms with Gasteiger partial charge in [-0.15, -0.1) is 0 Å². The maximum atomic E-state index is 4.55. The molecule has 0 aromatic rings. The normalized spacial score (nSPS) is 23.3. The fourth-order valence-electron chi connectivity index (χ4n) is 3.08. The van der Waals surface area contributed by atoms with E-state index in [9.17, 15) is 0 Å². The van der Waals surface area contributed by atoms with Crippen LogP contribution in [0.15, 0.2) is 41.1 Å². The monoisotopic (exact) mass is 287 g/mol. The van der Waals surface area contributed by atoms with Crippen LogP contribution in [-0.2, 0) is 0 Å². The minimum absolute atomic E-state index is 0.299. The van der Waals surface area contributed by atoms with Crippen molar-refractivity contribution in [2.24, 2.45) is 10.9 Å². The second-order valence-corrected chi connectivity index (χ2v) is 5.83. The average molecular weight is 287 g/mol. The molecule has 2 rings (SSSR count). The van der Waals surface area contributed by atoms with Crippen LogP contribution in [0.5, 0.6) is 0 Å². The quantitative estimate of drug-likeness (QED) is 0.639. The molecule has 0 N–H and O–H groups in total. The van der Waals surface area contributed by atoms with Gasteiger partial charge in [-0.1, -0.05) is 38.2 Å². The number of unbranched alkanes of at least 4 members (excludes halogenated alkanes) is 1. The van der Waals surface area contributed by atoms with Gasteiger partial charge in [0.15, 0.2) is 0 Å². The van der Waals surface area contributed by atoms with Crippen molar-refractivity contribution in [1.82, 2.24) is 9.80 Å². The molecule has 0 bridgehead atoms. The second-order valence-electron chi connectivity index (χ2n) is 5.83. The highest BCUT2D eigenvalue weighted by molar-refractivity contribution is 5.74. The van der Waals surface area contributed by atoms with Gasteiger partial charge in [0.05, 0.1) is 6.04 Å². The molecule has 3 heteroatoms. The van der Waals surface area contributed by atoms with Crippen molar-refractivity contribution < 1.29 is 0 Å². The Morgan fingerprint density at radius 3 is 2.52 bits per heavy atom. The lowest BCUT2D eigenvalue weighted by Crippen LogP contribution is -2.32. The lowest BCUT2D eigenvalue weighted by molar-refractivity contribution is 0.284. The number of allylic oxidation sites excluding steroid dienone is 3. The highest BCUT2D eigenvalue weighted by atomic mass is 15.1. The first-order chi connectivity index (χ1) is 10.3. The predicted octanol–water partition coefficient (Wildman–Crippen LogP) is 3.12. The Bertz CT molecular complexity index is 430. The van der Waals surface area contributed by atoms with Crippen molar-refractivity contribution in [3.05, 3.63) is 36.1 Å². The third-order valence-electron chi connectivity index (χ3n) is 4.50. The zero-order chi connectivity index (χ0) is 15.1. The van der Waals surface area contributed by atoms with Crippen LogP contribution in [0.25, 0.3) is 0 Å². The second kappa shape index (κ2) is 8.18. The summed E-state index contributed by atoms with van der Waals surface area (Å²) in [5, 5.41) is 0. The van der Waals surface area contributed by atoms with E-state index in [0.29, 0.717) is 12.0 Å². The molecule has 2 aliphatic rings. The van der Waals surface area contributed by atoms with Gasteiger partial charge in [0.25, 0.3) is 0 Å². The van der Waals surface area contributed by atoms with E-state index >= 15 is 0 Å². The van der Waals surface area contributed by atoms with E-state index in [2.05, 4.69) is 66.1 Å². The lowest BCUT2D eigenvalue weighted by Gasteiger charge is -2.33. The number of aliphatic imine (C=N–C) groups is 1. The van der Waals surface area contributed by atoms with Crippen molar-refractivity contribution in [1.29, 1.82) is 0 Å². The topological polar surface area (TPSA) is 18.8 Å². The first-order valence-corrected chi connectivity index (χ1v) is 8.28. The molecule has 21 heavy (non-hydrogen) atoms. The average Bonchev–Trinajstić information content (AvgIpc) is 2.54. The molecule has 0 aromatic heterocycles. The van der Waals surface area contributed by atoms with Gasteiger partial charge in [-0.05, 0) is 38.6 Å². The molecular weight excluding hydrogens is 258 g/mol. The molecule has 3 nitrogen and oxygen atoms in total. The SMILES string of the molecule is CCN(CC)CCCCN(C)C1=CC=NC2C=CC=CC12. The predicted molar refractivity (Wildman–Crippen MR) is 91.8 cm³/mol. The first kappa shape index (κ1) is 16.0. The minimum atomic E-state index is 0.299. The van der Waals surface area contributed by atoms with Crippen LogP contribution < -0.4 is 0 Å². The first-order valence-electron chi connectivity index (χ1n) is 8.28. The van der Waals surface area contributed by atoms with Crippen molar-refractivity contribution in [2.75, 3.05) is 33.2 Å². The van der Waals surface area contributed by atoms with Gasteiger partial charge in [0.1, 0.15) is 0 Å². The molecule has 1 aliphatic carbocycles. The summed E-state index contributed by atoms with van der Waals surface area (Å²) in [7, 11) is 2.21. The summed E-state index contributed by atoms with van der Waals surface area (Å²) in [6, 6.07) is 0.299. The summed E-state index contributed by atoms with van der Waals surface area (Å²) >= 11 is 0. The Morgan fingerprint density at radius 2 is 1.76 bits per heavy atom. The Labute approximate surface area is 129 Å². The van der Waals surface area contributed by atoms with Crippen molar-refractivity contribution >= 4 is 6.21 Å². The zero-order valence-electron chi connectivity index (χ0n) is 13.7. The summed E-state index contributed by atoms with van der Waals surface area (Å²) < 4.78 is 0. The van der Waals surface area contributed by atoms with E-state index in [1.807, 2.05) is 6.21 Å². The van der Waals surface area contributed by atoms with E-state index in [1.54, 1.807) is 0 Å². The number of dihydropyridines is 1. The van der Waals surface area contributed by atoms with Gasteiger partial charge in [-0.3, -0.25) is 4.99 Å². The number of nitrogens with zero attached hydrogens (tertiary/aromatic N) is 3. The minimum Gasteiger partial charge on any atom is -0.377 e. The molecule has 0 radical (unpaired) electrons. The van der Waals surface area contributed by atoms with Gasteiger partial charge in [0, 0.05) is 31.4 Å². The van der Waals surface area contributed by atoms with Crippen molar-refractivity contribution in [3.63, 3.8) is 0 Å². The van der Waals surface area contributed by atoms with E-state index in [4.69, 9.17) is 0 Å². The van der Waals surface area contributed by atoms with Gasteiger partial charge < -0.3 is 9.80 Å². The third kappa shape index (κ3) is 4.31. The summed E-state index contributed by atoms with van der Waals surface area (Å²) in [4.78, 5) is 9.46. The van der Waals surface area contributed by atoms with Crippen LogP contribution >= 0.6 is 0 Å². The maximum Gasteiger partial charge on any atom is 0.0800 e. The molecule has 1 heterocycles. The lowest BCUT2D eigenvalue weighted by atomic mass is 9.90. The van der Waals surface area contributed by atoms with Gasteiger partial charge in [-0.2, -0.15) is 0 Å². The molecule has 0 aromatic carbocycles. The summed E-state index contributed by atoms with van der Waals surface area (Å²) in [5.74, 6) is 0.424. The van der Waals surface area contributed by atoms with Crippen molar-refractivity contribution in [3.8, 4) is 0 Å². The van der Waals surface area contributed by atoms with Gasteiger partial charge in [0.2, 0.25) is 0 Å². The highest BCUT2D eigenvalue weighted by Crippen LogP contribution is 2.28. The van der Waals surface area contributed by atoms with E-state index < -0.39 is 0 Å². The number of hydrogen-bond donors (Lipinski definition) is 0. The fraction of sp³-hybridized carbons (Fsp3) is 0.611. The Hall–Kier alpha value is -1.35. The molecule has 0 saturated heterocycles. The third-order valence-corrected chi connectivity index (χ3v) is 4.50. The highest BCUT2D eigenvalue weighted by Gasteiger charge is 2.25. The van der Waals surface area contributed by atoms with Crippen LogP contribution in [0.1, 0.15) is 26.7 Å². The van der Waals surface area contributed by atoms with Crippen LogP contribution in [-0.4, -0.2) is 55.3 Å². The van der Waals surface area contributed by atoms with Gasteiger partial charge >= 0.3 is 0 Å². The zero-order valence-corrected chi connectivity index (χ0v) is 13.7. The summed E-state index contributed by atoms with van der Waals surface area (Å²) in [6.07, 6.45) is 15.4. The number of hydrogen-bond acceptors (Lipinski definition) is 3. The Morgan fingerprint density at radius 1 is 1.05 bits per heavy atom. The molecule has 0 spiro atoms. The molecule has 2 unspecified atom stereocenters. The smallest absolute Gasteiger partial charge is 0.0800 e. The fourth-order valence-corrected chi connectivity index (χ4v) is 3.08. The van der Waals surface area contributed by atoms with Crippen LogP contribution in [0.3, 0.4) is 0 Å².